The Bertz CT molecular complexity index is 436. The van der Waals surface area contributed by atoms with E-state index in [-0.39, 0.29) is 11.8 Å². The van der Waals surface area contributed by atoms with Crippen molar-refractivity contribution in [2.24, 2.45) is 5.92 Å². The fourth-order valence-electron chi connectivity index (χ4n) is 2.13. The van der Waals surface area contributed by atoms with Crippen molar-refractivity contribution >= 4 is 11.7 Å². The highest BCUT2D eigenvalue weighted by Gasteiger charge is 2.48. The summed E-state index contributed by atoms with van der Waals surface area (Å²) in [7, 11) is 3.19. The van der Waals surface area contributed by atoms with Crippen LogP contribution in [-0.2, 0) is 14.3 Å². The first-order valence-electron chi connectivity index (χ1n) is 5.92. The Morgan fingerprint density at radius 3 is 2.67 bits per heavy atom. The molecule has 0 aromatic carbocycles. The molecule has 0 saturated heterocycles. The number of ether oxygens (including phenoxy) is 2. The predicted octanol–water partition coefficient (Wildman–Crippen LogP) is 1.73. The number of carbonyl (C=O) groups excluding carboxylic acids is 1. The number of carbonyl (C=O) groups is 1. The van der Waals surface area contributed by atoms with Crippen molar-refractivity contribution in [1.29, 1.82) is 0 Å². The number of hydrogen-bond acceptors (Lipinski definition) is 4. The van der Waals surface area contributed by atoms with Crippen LogP contribution in [0.15, 0.2) is 18.3 Å². The molecule has 0 radical (unpaired) electrons. The zero-order chi connectivity index (χ0) is 13.2. The quantitative estimate of drug-likeness (QED) is 0.827. The maximum Gasteiger partial charge on any atom is 0.229 e. The van der Waals surface area contributed by atoms with Crippen LogP contribution in [-0.4, -0.2) is 30.9 Å². The molecule has 2 rings (SSSR count). The van der Waals surface area contributed by atoms with Crippen LogP contribution in [0.5, 0.6) is 0 Å². The first kappa shape index (κ1) is 13.0. The molecule has 1 heterocycles. The summed E-state index contributed by atoms with van der Waals surface area (Å²) < 4.78 is 10.5. The van der Waals surface area contributed by atoms with Gasteiger partial charge in [0.25, 0.3) is 0 Å². The van der Waals surface area contributed by atoms with Gasteiger partial charge in [0.1, 0.15) is 5.82 Å². The highest BCUT2D eigenvalue weighted by molar-refractivity contribution is 5.92. The molecule has 1 N–H and O–H groups in total. The van der Waals surface area contributed by atoms with E-state index in [0.29, 0.717) is 18.7 Å². The molecular formula is C13H18N2O3. The Balaban J connectivity index is 1.91. The van der Waals surface area contributed by atoms with E-state index in [1.807, 2.05) is 19.1 Å². The van der Waals surface area contributed by atoms with Gasteiger partial charge in [-0.1, -0.05) is 0 Å². The maximum atomic E-state index is 12.0. The molecule has 0 spiro atoms. The Hall–Kier alpha value is -1.46. The Morgan fingerprint density at radius 1 is 1.44 bits per heavy atom. The Kier molecular flexibility index (Phi) is 3.63. The Morgan fingerprint density at radius 2 is 2.11 bits per heavy atom. The summed E-state index contributed by atoms with van der Waals surface area (Å²) in [5, 5.41) is 2.81. The highest BCUT2D eigenvalue weighted by atomic mass is 16.7. The molecule has 1 aliphatic carbocycles. The molecule has 5 nitrogen and oxygen atoms in total. The fraction of sp³-hybridized carbons (Fsp3) is 0.538. The number of aryl methyl sites for hydroxylation is 1. The molecule has 1 aromatic heterocycles. The number of nitrogens with zero attached hydrogens (tertiary/aromatic N) is 1. The van der Waals surface area contributed by atoms with Crippen molar-refractivity contribution in [3.63, 3.8) is 0 Å². The minimum absolute atomic E-state index is 0.0298. The molecule has 1 aromatic rings. The number of methoxy groups -OCH3 is 2. The molecule has 5 heteroatoms. The lowest BCUT2D eigenvalue weighted by molar-refractivity contribution is -0.265. The first-order valence-corrected chi connectivity index (χ1v) is 5.92. The lowest BCUT2D eigenvalue weighted by Gasteiger charge is -2.44. The van der Waals surface area contributed by atoms with E-state index in [1.165, 1.54) is 0 Å². The van der Waals surface area contributed by atoms with Gasteiger partial charge in [0.05, 0.1) is 0 Å². The molecule has 0 aliphatic heterocycles. The summed E-state index contributed by atoms with van der Waals surface area (Å²) in [5.74, 6) is -0.0976. The number of hydrogen-bond donors (Lipinski definition) is 1. The SMILES string of the molecule is COC1(OC)CC(C(=O)Nc2cc(C)ccn2)C1. The third-order valence-corrected chi connectivity index (χ3v) is 3.40. The van der Waals surface area contributed by atoms with Crippen molar-refractivity contribution in [3.8, 4) is 0 Å². The minimum Gasteiger partial charge on any atom is -0.353 e. The number of aromatic nitrogens is 1. The van der Waals surface area contributed by atoms with Gasteiger partial charge in [0.15, 0.2) is 5.79 Å². The van der Waals surface area contributed by atoms with E-state index in [0.717, 1.165) is 5.56 Å². The fourth-order valence-corrected chi connectivity index (χ4v) is 2.13. The second-order valence-electron chi connectivity index (χ2n) is 4.63. The molecule has 0 bridgehead atoms. The van der Waals surface area contributed by atoms with Crippen LogP contribution in [0.25, 0.3) is 0 Å². The number of amides is 1. The van der Waals surface area contributed by atoms with E-state index >= 15 is 0 Å². The van der Waals surface area contributed by atoms with Crippen LogP contribution in [0.1, 0.15) is 18.4 Å². The maximum absolute atomic E-state index is 12.0. The van der Waals surface area contributed by atoms with E-state index in [2.05, 4.69) is 10.3 Å². The third kappa shape index (κ3) is 2.52. The van der Waals surface area contributed by atoms with Crippen LogP contribution in [0.3, 0.4) is 0 Å². The topological polar surface area (TPSA) is 60.5 Å². The van der Waals surface area contributed by atoms with E-state index in [9.17, 15) is 4.79 Å². The number of pyridine rings is 1. The van der Waals surface area contributed by atoms with Crippen LogP contribution in [0, 0.1) is 12.8 Å². The summed E-state index contributed by atoms with van der Waals surface area (Å²) in [6, 6.07) is 3.73. The van der Waals surface area contributed by atoms with Gasteiger partial charge in [-0.05, 0) is 24.6 Å². The number of nitrogens with one attached hydrogen (secondary N) is 1. The summed E-state index contributed by atoms with van der Waals surface area (Å²) in [5.41, 5.74) is 1.07. The third-order valence-electron chi connectivity index (χ3n) is 3.40. The van der Waals surface area contributed by atoms with E-state index < -0.39 is 5.79 Å². The molecule has 0 atom stereocenters. The van der Waals surface area contributed by atoms with Gasteiger partial charge in [-0.3, -0.25) is 4.79 Å². The summed E-state index contributed by atoms with van der Waals surface area (Å²) in [6.07, 6.45) is 2.84. The second-order valence-corrected chi connectivity index (χ2v) is 4.63. The van der Waals surface area contributed by atoms with Crippen molar-refractivity contribution in [3.05, 3.63) is 23.9 Å². The van der Waals surface area contributed by atoms with Crippen LogP contribution in [0.4, 0.5) is 5.82 Å². The van der Waals surface area contributed by atoms with Gasteiger partial charge in [0, 0.05) is 39.2 Å². The zero-order valence-electron chi connectivity index (χ0n) is 10.9. The second kappa shape index (κ2) is 5.04. The van der Waals surface area contributed by atoms with E-state index in [4.69, 9.17) is 9.47 Å². The highest BCUT2D eigenvalue weighted by Crippen LogP contribution is 2.41. The molecule has 1 amide bonds. The number of rotatable bonds is 4. The minimum atomic E-state index is -0.581. The van der Waals surface area contributed by atoms with Gasteiger partial charge in [-0.2, -0.15) is 0 Å². The van der Waals surface area contributed by atoms with Crippen LogP contribution < -0.4 is 5.32 Å². The zero-order valence-corrected chi connectivity index (χ0v) is 10.9. The summed E-state index contributed by atoms with van der Waals surface area (Å²) >= 11 is 0. The molecule has 1 fully saturated rings. The van der Waals surface area contributed by atoms with Gasteiger partial charge in [-0.15, -0.1) is 0 Å². The van der Waals surface area contributed by atoms with Gasteiger partial charge >= 0.3 is 0 Å². The van der Waals surface area contributed by atoms with E-state index in [1.54, 1.807) is 20.4 Å². The van der Waals surface area contributed by atoms with Crippen molar-refractivity contribution in [2.75, 3.05) is 19.5 Å². The largest absolute Gasteiger partial charge is 0.353 e. The van der Waals surface area contributed by atoms with Gasteiger partial charge in [-0.25, -0.2) is 4.98 Å². The van der Waals surface area contributed by atoms with Crippen molar-refractivity contribution in [1.82, 2.24) is 4.98 Å². The van der Waals surface area contributed by atoms with Gasteiger partial charge < -0.3 is 14.8 Å². The van der Waals surface area contributed by atoms with Crippen molar-refractivity contribution in [2.45, 2.75) is 25.6 Å². The standard InChI is InChI=1S/C13H18N2O3/c1-9-4-5-14-11(6-9)15-12(16)10-7-13(8-10,17-2)18-3/h4-6,10H,7-8H2,1-3H3,(H,14,15,16). The lowest BCUT2D eigenvalue weighted by Crippen LogP contribution is -2.51. The Labute approximate surface area is 107 Å². The molecule has 1 aliphatic rings. The summed E-state index contributed by atoms with van der Waals surface area (Å²) in [6.45, 7) is 1.96. The van der Waals surface area contributed by atoms with Gasteiger partial charge in [0.2, 0.25) is 5.91 Å². The van der Waals surface area contributed by atoms with Crippen LogP contribution >= 0.6 is 0 Å². The lowest BCUT2D eigenvalue weighted by atomic mass is 9.78. The molecule has 0 unspecified atom stereocenters. The monoisotopic (exact) mass is 250 g/mol. The average molecular weight is 250 g/mol. The predicted molar refractivity (Wildman–Crippen MR) is 67.1 cm³/mol. The molecule has 18 heavy (non-hydrogen) atoms. The van der Waals surface area contributed by atoms with Crippen LogP contribution in [0.2, 0.25) is 0 Å². The summed E-state index contributed by atoms with van der Waals surface area (Å²) in [4.78, 5) is 16.1. The molecule has 98 valence electrons. The smallest absolute Gasteiger partial charge is 0.229 e. The van der Waals surface area contributed by atoms with Crippen molar-refractivity contribution < 1.29 is 14.3 Å². The first-order chi connectivity index (χ1) is 8.58. The normalized spacial score (nSPS) is 18.2. The average Bonchev–Trinajstić information content (AvgIpc) is 2.29. The number of anilines is 1. The molecular weight excluding hydrogens is 232 g/mol. The molecule has 1 saturated carbocycles.